The summed E-state index contributed by atoms with van der Waals surface area (Å²) < 4.78 is 0. The predicted molar refractivity (Wildman–Crippen MR) is 113 cm³/mol. The third-order valence-electron chi connectivity index (χ3n) is 4.50. The number of rotatable bonds is 0. The lowest BCUT2D eigenvalue weighted by Crippen LogP contribution is -2.09. The monoisotopic (exact) mass is 386 g/mol. The minimum absolute atomic E-state index is 0.0359. The first-order valence-corrected chi connectivity index (χ1v) is 10.3. The Bertz CT molecular complexity index is 562. The van der Waals surface area contributed by atoms with Crippen molar-refractivity contribution in [3.63, 3.8) is 0 Å². The van der Waals surface area contributed by atoms with Crippen LogP contribution in [0.5, 0.6) is 11.5 Å². The van der Waals surface area contributed by atoms with Crippen molar-refractivity contribution in [1.29, 1.82) is 0 Å². The number of hydrogen-bond acceptors (Lipinski definition) is 4. The Kier molecular flexibility index (Phi) is 13.3. The fraction of sp³-hybridized carbons (Fsp3) is 0.458. The van der Waals surface area contributed by atoms with Crippen molar-refractivity contribution < 1.29 is 20.1 Å². The molecule has 0 aliphatic heterocycles. The van der Waals surface area contributed by atoms with Gasteiger partial charge in [-0.2, -0.15) is 0 Å². The van der Waals surface area contributed by atoms with E-state index in [1.165, 1.54) is 25.7 Å². The Morgan fingerprint density at radius 2 is 1.00 bits per heavy atom. The van der Waals surface area contributed by atoms with Crippen LogP contribution in [0.3, 0.4) is 0 Å². The number of benzene rings is 2. The third kappa shape index (κ3) is 13.8. The molecule has 2 aliphatic carbocycles. The van der Waals surface area contributed by atoms with Crippen LogP contribution in [0.2, 0.25) is 0 Å². The lowest BCUT2D eigenvalue weighted by Gasteiger charge is -2.14. The Hall–Kier alpha value is -2.33. The summed E-state index contributed by atoms with van der Waals surface area (Å²) in [5.74, 6) is 1.11. The standard InChI is InChI=1S/C6H12O.C6H10O.2C6H6O/c4*7-6-4-2-1-3-5-6/h6-7H,1-5H2;1-5H2;2*1-5,7H. The molecule has 3 N–H and O–H groups in total. The number of ketones is 1. The first-order valence-electron chi connectivity index (χ1n) is 10.3. The molecule has 0 aromatic heterocycles. The molecule has 2 aromatic carbocycles. The molecule has 0 unspecified atom stereocenters. The van der Waals surface area contributed by atoms with Gasteiger partial charge in [0.05, 0.1) is 6.10 Å². The maximum Gasteiger partial charge on any atom is 0.132 e. The van der Waals surface area contributed by atoms with Gasteiger partial charge in [-0.15, -0.1) is 0 Å². The highest BCUT2D eigenvalue weighted by atomic mass is 16.3. The van der Waals surface area contributed by atoms with Gasteiger partial charge in [0.15, 0.2) is 0 Å². The van der Waals surface area contributed by atoms with Gasteiger partial charge in [-0.3, -0.25) is 4.79 Å². The van der Waals surface area contributed by atoms with Gasteiger partial charge in [0.1, 0.15) is 17.3 Å². The average Bonchev–Trinajstić information content (AvgIpc) is 2.72. The summed E-state index contributed by atoms with van der Waals surface area (Å²) in [6.45, 7) is 0. The molecule has 2 saturated carbocycles. The van der Waals surface area contributed by atoms with Crippen LogP contribution < -0.4 is 0 Å². The summed E-state index contributed by atoms with van der Waals surface area (Å²) in [5, 5.41) is 26.2. The van der Waals surface area contributed by atoms with Crippen LogP contribution in [0.1, 0.15) is 64.2 Å². The quantitative estimate of drug-likeness (QED) is 0.549. The Morgan fingerprint density at radius 3 is 1.21 bits per heavy atom. The number of para-hydroxylation sites is 2. The average molecular weight is 387 g/mol. The molecular formula is C24H34O4. The van der Waals surface area contributed by atoms with E-state index in [9.17, 15) is 4.79 Å². The number of aliphatic hydroxyl groups excluding tert-OH is 1. The van der Waals surface area contributed by atoms with Gasteiger partial charge in [-0.25, -0.2) is 0 Å². The van der Waals surface area contributed by atoms with Gasteiger partial charge in [0.25, 0.3) is 0 Å². The molecule has 0 radical (unpaired) electrons. The smallest absolute Gasteiger partial charge is 0.132 e. The van der Waals surface area contributed by atoms with Crippen molar-refractivity contribution in [2.75, 3.05) is 0 Å². The molecule has 0 spiro atoms. The molecular weight excluding hydrogens is 352 g/mol. The first kappa shape index (κ1) is 23.7. The van der Waals surface area contributed by atoms with E-state index >= 15 is 0 Å². The molecule has 4 nitrogen and oxygen atoms in total. The second kappa shape index (κ2) is 15.7. The number of phenols is 2. The molecule has 2 fully saturated rings. The Morgan fingerprint density at radius 1 is 0.607 bits per heavy atom. The minimum Gasteiger partial charge on any atom is -0.508 e. The summed E-state index contributed by atoms with van der Waals surface area (Å²) in [7, 11) is 0. The topological polar surface area (TPSA) is 77.8 Å². The Labute approximate surface area is 168 Å². The molecule has 0 atom stereocenters. The molecule has 28 heavy (non-hydrogen) atoms. The summed E-state index contributed by atoms with van der Waals surface area (Å²) in [4.78, 5) is 10.5. The van der Waals surface area contributed by atoms with Gasteiger partial charge in [-0.1, -0.05) is 62.1 Å². The van der Waals surface area contributed by atoms with Crippen molar-refractivity contribution in [2.45, 2.75) is 70.3 Å². The zero-order valence-corrected chi connectivity index (χ0v) is 16.7. The second-order valence-electron chi connectivity index (χ2n) is 7.06. The molecule has 2 aromatic rings. The van der Waals surface area contributed by atoms with E-state index in [2.05, 4.69) is 0 Å². The number of carbonyl (C=O) groups excluding carboxylic acids is 1. The van der Waals surface area contributed by atoms with Crippen LogP contribution in [0.4, 0.5) is 0 Å². The Balaban J connectivity index is 0.000000187. The zero-order valence-electron chi connectivity index (χ0n) is 16.7. The zero-order chi connectivity index (χ0) is 20.5. The molecule has 4 heteroatoms. The first-order chi connectivity index (χ1) is 13.6. The van der Waals surface area contributed by atoms with E-state index < -0.39 is 0 Å². The van der Waals surface area contributed by atoms with Crippen LogP contribution in [-0.2, 0) is 4.79 Å². The van der Waals surface area contributed by atoms with Crippen molar-refractivity contribution in [2.24, 2.45) is 0 Å². The number of carbonyl (C=O) groups is 1. The van der Waals surface area contributed by atoms with Gasteiger partial charge in [-0.05, 0) is 49.9 Å². The molecule has 0 saturated heterocycles. The highest BCUT2D eigenvalue weighted by molar-refractivity contribution is 5.78. The molecule has 2 aliphatic rings. The van der Waals surface area contributed by atoms with E-state index in [4.69, 9.17) is 15.3 Å². The van der Waals surface area contributed by atoms with Crippen molar-refractivity contribution in [1.82, 2.24) is 0 Å². The van der Waals surface area contributed by atoms with Crippen LogP contribution >= 0.6 is 0 Å². The van der Waals surface area contributed by atoms with E-state index in [0.29, 0.717) is 17.3 Å². The maximum absolute atomic E-state index is 10.5. The molecule has 0 heterocycles. The molecule has 154 valence electrons. The van der Waals surface area contributed by atoms with E-state index in [-0.39, 0.29) is 6.10 Å². The van der Waals surface area contributed by atoms with Gasteiger partial charge < -0.3 is 15.3 Å². The highest BCUT2D eigenvalue weighted by Crippen LogP contribution is 2.16. The third-order valence-corrected chi connectivity index (χ3v) is 4.50. The SMILES string of the molecule is O=C1CCCCC1.OC1CCCCC1.Oc1ccccc1.Oc1ccccc1. The largest absolute Gasteiger partial charge is 0.508 e. The fourth-order valence-corrected chi connectivity index (χ4v) is 2.88. The lowest BCUT2D eigenvalue weighted by molar-refractivity contribution is -0.120. The van der Waals surface area contributed by atoms with Gasteiger partial charge in [0.2, 0.25) is 0 Å². The number of aromatic hydroxyl groups is 2. The van der Waals surface area contributed by atoms with Gasteiger partial charge in [0, 0.05) is 12.8 Å². The highest BCUT2D eigenvalue weighted by Gasteiger charge is 2.07. The number of Topliss-reactive ketones (excluding diaryl/α,β-unsaturated/α-hetero) is 1. The van der Waals surface area contributed by atoms with Crippen LogP contribution in [0.25, 0.3) is 0 Å². The number of phenolic OH excluding ortho intramolecular Hbond substituents is 2. The summed E-state index contributed by atoms with van der Waals surface area (Å²) in [6.07, 6.45) is 11.2. The molecule has 0 bridgehead atoms. The predicted octanol–water partition coefficient (Wildman–Crippen LogP) is 5.62. The number of aliphatic hydroxyl groups is 1. The summed E-state index contributed by atoms with van der Waals surface area (Å²) >= 11 is 0. The van der Waals surface area contributed by atoms with Crippen LogP contribution in [0, 0.1) is 0 Å². The van der Waals surface area contributed by atoms with Crippen LogP contribution in [0.15, 0.2) is 60.7 Å². The molecule has 4 rings (SSSR count). The lowest BCUT2D eigenvalue weighted by atomic mass is 9.98. The second-order valence-corrected chi connectivity index (χ2v) is 7.06. The normalized spacial score (nSPS) is 16.2. The van der Waals surface area contributed by atoms with E-state index in [1.54, 1.807) is 48.5 Å². The van der Waals surface area contributed by atoms with Crippen molar-refractivity contribution >= 4 is 5.78 Å². The summed E-state index contributed by atoms with van der Waals surface area (Å²) in [5.41, 5.74) is 0. The molecule has 0 amide bonds. The summed E-state index contributed by atoms with van der Waals surface area (Å²) in [6, 6.07) is 17.4. The minimum atomic E-state index is 0.0359. The fourth-order valence-electron chi connectivity index (χ4n) is 2.88. The maximum atomic E-state index is 10.5. The van der Waals surface area contributed by atoms with E-state index in [0.717, 1.165) is 38.5 Å². The number of hydrogen-bond donors (Lipinski definition) is 3. The van der Waals surface area contributed by atoms with Crippen molar-refractivity contribution in [3.05, 3.63) is 60.7 Å². The van der Waals surface area contributed by atoms with Crippen LogP contribution in [-0.4, -0.2) is 27.2 Å². The van der Waals surface area contributed by atoms with Gasteiger partial charge >= 0.3 is 0 Å². The van der Waals surface area contributed by atoms with Crippen molar-refractivity contribution in [3.8, 4) is 11.5 Å². The van der Waals surface area contributed by atoms with E-state index in [1.807, 2.05) is 12.1 Å².